The van der Waals surface area contributed by atoms with Gasteiger partial charge in [0.15, 0.2) is 0 Å². The molecular formula is C26H29FN2O4S. The molecule has 8 heteroatoms. The van der Waals surface area contributed by atoms with Crippen molar-refractivity contribution in [3.63, 3.8) is 0 Å². The van der Waals surface area contributed by atoms with Gasteiger partial charge in [-0.25, -0.2) is 9.18 Å². The van der Waals surface area contributed by atoms with Crippen molar-refractivity contribution in [1.82, 2.24) is 4.90 Å². The van der Waals surface area contributed by atoms with E-state index >= 15 is 0 Å². The lowest BCUT2D eigenvalue weighted by Gasteiger charge is -2.32. The third-order valence-electron chi connectivity index (χ3n) is 6.95. The van der Waals surface area contributed by atoms with Crippen LogP contribution in [0.25, 0.3) is 0 Å². The summed E-state index contributed by atoms with van der Waals surface area (Å²) >= 11 is 1.48. The number of amides is 2. The fraction of sp³-hybridized carbons (Fsp3) is 0.423. The number of rotatable bonds is 6. The molecule has 180 valence electrons. The fourth-order valence-corrected chi connectivity index (χ4v) is 6.14. The largest absolute Gasteiger partial charge is 0.478 e. The molecular weight excluding hydrogens is 455 g/mol. The number of aromatic carboxylic acids is 1. The van der Waals surface area contributed by atoms with E-state index in [1.807, 2.05) is 11.8 Å². The van der Waals surface area contributed by atoms with Gasteiger partial charge in [-0.2, -0.15) is 0 Å². The summed E-state index contributed by atoms with van der Waals surface area (Å²) < 4.78 is 13.4. The van der Waals surface area contributed by atoms with E-state index in [1.165, 1.54) is 23.9 Å². The molecule has 34 heavy (non-hydrogen) atoms. The smallest absolute Gasteiger partial charge is 0.335 e. The zero-order valence-corrected chi connectivity index (χ0v) is 20.2. The highest BCUT2D eigenvalue weighted by molar-refractivity contribution is 8.00. The molecule has 2 aliphatic rings. The van der Waals surface area contributed by atoms with Gasteiger partial charge >= 0.3 is 5.97 Å². The van der Waals surface area contributed by atoms with Crippen molar-refractivity contribution in [3.05, 3.63) is 64.5 Å². The van der Waals surface area contributed by atoms with Gasteiger partial charge in [0.2, 0.25) is 11.8 Å². The van der Waals surface area contributed by atoms with Gasteiger partial charge in [0.1, 0.15) is 11.2 Å². The Hall–Kier alpha value is -2.87. The number of hydrogen-bond donors (Lipinski definition) is 1. The van der Waals surface area contributed by atoms with Gasteiger partial charge in [0.25, 0.3) is 0 Å². The summed E-state index contributed by atoms with van der Waals surface area (Å²) in [7, 11) is 0. The Morgan fingerprint density at radius 2 is 1.79 bits per heavy atom. The molecule has 1 unspecified atom stereocenters. The van der Waals surface area contributed by atoms with Crippen LogP contribution < -0.4 is 4.90 Å². The van der Waals surface area contributed by atoms with E-state index in [0.29, 0.717) is 23.8 Å². The first kappa shape index (κ1) is 24.3. The number of carbonyl (C=O) groups is 3. The predicted octanol–water partition coefficient (Wildman–Crippen LogP) is 4.80. The van der Waals surface area contributed by atoms with Crippen LogP contribution in [0.1, 0.15) is 58.6 Å². The average molecular weight is 485 g/mol. The number of benzene rings is 2. The Kier molecular flexibility index (Phi) is 7.26. The molecule has 2 aromatic rings. The van der Waals surface area contributed by atoms with Crippen LogP contribution in [0.2, 0.25) is 0 Å². The minimum absolute atomic E-state index is 0.0481. The number of nitrogens with zero attached hydrogens (tertiary/aromatic N) is 2. The van der Waals surface area contributed by atoms with Crippen LogP contribution >= 0.6 is 11.8 Å². The van der Waals surface area contributed by atoms with Gasteiger partial charge in [-0.05, 0) is 79.5 Å². The van der Waals surface area contributed by atoms with Crippen molar-refractivity contribution < 1.29 is 23.9 Å². The average Bonchev–Trinajstić information content (AvgIpc) is 3.19. The lowest BCUT2D eigenvalue weighted by molar-refractivity contribution is -0.130. The van der Waals surface area contributed by atoms with Crippen LogP contribution in [-0.2, 0) is 16.0 Å². The lowest BCUT2D eigenvalue weighted by Crippen LogP contribution is -2.37. The number of piperidine rings is 1. The summed E-state index contributed by atoms with van der Waals surface area (Å²) in [5.74, 6) is -0.522. The van der Waals surface area contributed by atoms with Crippen LogP contribution in [0.15, 0.2) is 36.4 Å². The molecule has 2 heterocycles. The minimum Gasteiger partial charge on any atom is -0.478 e. The minimum atomic E-state index is -0.978. The zero-order valence-electron chi connectivity index (χ0n) is 19.4. The van der Waals surface area contributed by atoms with Crippen LogP contribution in [0.3, 0.4) is 0 Å². The van der Waals surface area contributed by atoms with Crippen LogP contribution in [0, 0.1) is 18.7 Å². The summed E-state index contributed by atoms with van der Waals surface area (Å²) in [5.41, 5.74) is 3.35. The fourth-order valence-electron chi connectivity index (χ4n) is 4.97. The van der Waals surface area contributed by atoms with Crippen LogP contribution in [-0.4, -0.2) is 46.6 Å². The zero-order chi connectivity index (χ0) is 24.4. The van der Waals surface area contributed by atoms with Crippen LogP contribution in [0.4, 0.5) is 10.1 Å². The first-order chi connectivity index (χ1) is 16.3. The Morgan fingerprint density at radius 3 is 2.41 bits per heavy atom. The third kappa shape index (κ3) is 4.97. The van der Waals surface area contributed by atoms with E-state index in [2.05, 4.69) is 0 Å². The Labute approximate surface area is 203 Å². The summed E-state index contributed by atoms with van der Waals surface area (Å²) in [6.07, 6.45) is 3.26. The molecule has 0 aliphatic carbocycles. The van der Waals surface area contributed by atoms with E-state index in [-0.39, 0.29) is 28.6 Å². The van der Waals surface area contributed by atoms with Gasteiger partial charge in [-0.1, -0.05) is 12.1 Å². The van der Waals surface area contributed by atoms with Gasteiger partial charge in [-0.15, -0.1) is 11.8 Å². The molecule has 1 N–H and O–H groups in total. The maximum Gasteiger partial charge on any atom is 0.335 e. The second-order valence-electron chi connectivity index (χ2n) is 9.01. The molecule has 0 aromatic heterocycles. The maximum atomic E-state index is 13.4. The number of anilines is 1. The maximum absolute atomic E-state index is 13.4. The first-order valence-corrected chi connectivity index (χ1v) is 12.6. The van der Waals surface area contributed by atoms with E-state index in [4.69, 9.17) is 0 Å². The summed E-state index contributed by atoms with van der Waals surface area (Å²) in [4.78, 5) is 40.0. The summed E-state index contributed by atoms with van der Waals surface area (Å²) in [5, 5.41) is 9.54. The van der Waals surface area contributed by atoms with Gasteiger partial charge in [-0.3, -0.25) is 14.5 Å². The highest BCUT2D eigenvalue weighted by Crippen LogP contribution is 2.44. The molecule has 2 aliphatic heterocycles. The lowest BCUT2D eigenvalue weighted by atomic mass is 9.87. The Balaban J connectivity index is 1.60. The standard InChI is InChI=1S/C26H29FN2O4S/c1-16-21(8-3-18-11-13-28(14-12-18)17(2)30)22(26(32)33)9-10-23(16)29-24(31)15-34-25(29)19-4-6-20(27)7-5-19/h4-7,9-10,18,25H,3,8,11-15H2,1-2H3,(H,32,33). The molecule has 2 aromatic carbocycles. The van der Waals surface area contributed by atoms with E-state index < -0.39 is 5.97 Å². The SMILES string of the molecule is CC(=O)N1CCC(CCc2c(C(=O)O)ccc(N3C(=O)CSC3c3ccc(F)cc3)c2C)CC1. The predicted molar refractivity (Wildman–Crippen MR) is 131 cm³/mol. The number of halogens is 1. The van der Waals surface area contributed by atoms with Crippen molar-refractivity contribution >= 4 is 35.2 Å². The van der Waals surface area contributed by atoms with Gasteiger partial charge in [0, 0.05) is 25.7 Å². The van der Waals surface area contributed by atoms with Crippen LogP contribution in [0.5, 0.6) is 0 Å². The van der Waals surface area contributed by atoms with E-state index in [0.717, 1.165) is 49.0 Å². The molecule has 0 bridgehead atoms. The highest BCUT2D eigenvalue weighted by atomic mass is 32.2. The number of carboxylic acid groups (broad SMARTS) is 1. The van der Waals surface area contributed by atoms with Crippen molar-refractivity contribution in [1.29, 1.82) is 0 Å². The number of thioether (sulfide) groups is 1. The molecule has 2 saturated heterocycles. The van der Waals surface area contributed by atoms with E-state index in [9.17, 15) is 23.9 Å². The summed E-state index contributed by atoms with van der Waals surface area (Å²) in [6.45, 7) is 4.95. The third-order valence-corrected chi connectivity index (χ3v) is 8.16. The number of hydrogen-bond acceptors (Lipinski definition) is 4. The second-order valence-corrected chi connectivity index (χ2v) is 10.1. The summed E-state index contributed by atoms with van der Waals surface area (Å²) in [6, 6.07) is 9.46. The number of carboxylic acids is 1. The van der Waals surface area contributed by atoms with Gasteiger partial charge < -0.3 is 10.0 Å². The molecule has 2 fully saturated rings. The van der Waals surface area contributed by atoms with Crippen molar-refractivity contribution in [2.75, 3.05) is 23.7 Å². The molecule has 0 saturated carbocycles. The normalized spacial score (nSPS) is 19.0. The topological polar surface area (TPSA) is 77.9 Å². The quantitative estimate of drug-likeness (QED) is 0.637. The van der Waals surface area contributed by atoms with Crippen molar-refractivity contribution in [2.24, 2.45) is 5.92 Å². The van der Waals surface area contributed by atoms with Gasteiger partial charge in [0.05, 0.1) is 11.3 Å². The Bertz CT molecular complexity index is 1100. The number of carbonyl (C=O) groups excluding carboxylic acids is 2. The molecule has 4 rings (SSSR count). The molecule has 6 nitrogen and oxygen atoms in total. The van der Waals surface area contributed by atoms with Crippen molar-refractivity contribution in [3.8, 4) is 0 Å². The Morgan fingerprint density at radius 1 is 1.12 bits per heavy atom. The van der Waals surface area contributed by atoms with E-state index in [1.54, 1.807) is 36.1 Å². The molecule has 0 radical (unpaired) electrons. The molecule has 1 atom stereocenters. The first-order valence-electron chi connectivity index (χ1n) is 11.6. The molecule has 2 amide bonds. The second kappa shape index (κ2) is 10.2. The number of likely N-dealkylation sites (tertiary alicyclic amines) is 1. The highest BCUT2D eigenvalue weighted by Gasteiger charge is 2.35. The molecule has 0 spiro atoms. The van der Waals surface area contributed by atoms with Crippen molar-refractivity contribution in [2.45, 2.75) is 44.9 Å². The monoisotopic (exact) mass is 484 g/mol.